The molecule has 0 aliphatic carbocycles. The highest BCUT2D eigenvalue weighted by atomic mass is 32.1. The molecule has 0 bridgehead atoms. The summed E-state index contributed by atoms with van der Waals surface area (Å²) in [5.74, 6) is 1.47. The Kier molecular flexibility index (Phi) is 2.49. The van der Waals surface area contributed by atoms with Crippen LogP contribution in [0.2, 0.25) is 0 Å². The van der Waals surface area contributed by atoms with Crippen LogP contribution in [0.3, 0.4) is 0 Å². The van der Waals surface area contributed by atoms with E-state index in [1.807, 2.05) is 6.92 Å². The van der Waals surface area contributed by atoms with E-state index in [1.54, 1.807) is 11.3 Å². The Hall–Kier alpha value is -1.20. The van der Waals surface area contributed by atoms with Crippen molar-refractivity contribution in [2.75, 3.05) is 6.54 Å². The number of nitrogens with one attached hydrogen (secondary N) is 1. The van der Waals surface area contributed by atoms with Gasteiger partial charge in [0, 0.05) is 17.8 Å². The van der Waals surface area contributed by atoms with Crippen molar-refractivity contribution in [2.45, 2.75) is 25.8 Å². The molecular weight excluding hydrogens is 222 g/mol. The predicted octanol–water partition coefficient (Wildman–Crippen LogP) is 1.93. The number of aryl methyl sites for hydroxylation is 1. The Bertz CT molecular complexity index is 491. The predicted molar refractivity (Wildman–Crippen MR) is 61.5 cm³/mol. The van der Waals surface area contributed by atoms with Gasteiger partial charge in [-0.25, -0.2) is 0 Å². The van der Waals surface area contributed by atoms with Crippen LogP contribution in [0, 0.1) is 0 Å². The number of nitrogens with zero attached hydrogens (tertiary/aromatic N) is 2. The van der Waals surface area contributed by atoms with E-state index in [9.17, 15) is 0 Å². The summed E-state index contributed by atoms with van der Waals surface area (Å²) in [6, 6.07) is 2.23. The lowest BCUT2D eigenvalue weighted by Gasteiger charge is -2.20. The summed E-state index contributed by atoms with van der Waals surface area (Å²) in [5, 5.41) is 9.50. The van der Waals surface area contributed by atoms with Crippen molar-refractivity contribution in [3.8, 4) is 0 Å². The maximum atomic E-state index is 5.30. The van der Waals surface area contributed by atoms with E-state index in [1.165, 1.54) is 10.4 Å². The van der Waals surface area contributed by atoms with E-state index in [0.717, 1.165) is 25.2 Å². The van der Waals surface area contributed by atoms with Crippen molar-refractivity contribution >= 4 is 11.3 Å². The van der Waals surface area contributed by atoms with Crippen LogP contribution in [0.15, 0.2) is 16.0 Å². The maximum absolute atomic E-state index is 5.30. The minimum atomic E-state index is 0.0859. The van der Waals surface area contributed by atoms with Crippen LogP contribution in [-0.2, 0) is 12.8 Å². The Morgan fingerprint density at radius 2 is 2.56 bits per heavy atom. The molecule has 0 saturated heterocycles. The van der Waals surface area contributed by atoms with Gasteiger partial charge < -0.3 is 9.84 Å². The normalized spacial score (nSPS) is 19.7. The molecule has 84 valence electrons. The molecule has 0 saturated carbocycles. The second-order valence-corrected chi connectivity index (χ2v) is 4.84. The van der Waals surface area contributed by atoms with Crippen molar-refractivity contribution in [1.82, 2.24) is 15.5 Å². The van der Waals surface area contributed by atoms with Crippen molar-refractivity contribution in [1.29, 1.82) is 0 Å². The number of thiophene rings is 1. The highest BCUT2D eigenvalue weighted by Crippen LogP contribution is 2.31. The van der Waals surface area contributed by atoms with Gasteiger partial charge in [0.05, 0.1) is 0 Å². The zero-order valence-corrected chi connectivity index (χ0v) is 9.88. The third-order valence-electron chi connectivity index (χ3n) is 2.84. The highest BCUT2D eigenvalue weighted by Gasteiger charge is 2.26. The molecule has 1 N–H and O–H groups in total. The summed E-state index contributed by atoms with van der Waals surface area (Å²) < 4.78 is 5.30. The molecule has 0 fully saturated rings. The topological polar surface area (TPSA) is 51.0 Å². The monoisotopic (exact) mass is 235 g/mol. The summed E-state index contributed by atoms with van der Waals surface area (Å²) in [5.41, 5.74) is 1.29. The molecule has 1 aliphatic heterocycles. The summed E-state index contributed by atoms with van der Waals surface area (Å²) in [7, 11) is 0. The number of hydrogen-bond acceptors (Lipinski definition) is 5. The van der Waals surface area contributed by atoms with Gasteiger partial charge >= 0.3 is 0 Å². The Balaban J connectivity index is 1.97. The maximum Gasteiger partial charge on any atom is 0.248 e. The Morgan fingerprint density at radius 1 is 1.62 bits per heavy atom. The van der Waals surface area contributed by atoms with Gasteiger partial charge in [-0.3, -0.25) is 0 Å². The van der Waals surface area contributed by atoms with Crippen LogP contribution in [0.25, 0.3) is 0 Å². The quantitative estimate of drug-likeness (QED) is 0.864. The lowest BCUT2D eigenvalue weighted by Crippen LogP contribution is -2.29. The minimum absolute atomic E-state index is 0.0859. The first-order valence-electron chi connectivity index (χ1n) is 5.50. The first-order valence-corrected chi connectivity index (χ1v) is 6.38. The molecule has 16 heavy (non-hydrogen) atoms. The van der Waals surface area contributed by atoms with Gasteiger partial charge in [-0.2, -0.15) is 4.98 Å². The van der Waals surface area contributed by atoms with Crippen LogP contribution >= 0.6 is 11.3 Å². The molecule has 1 aliphatic rings. The van der Waals surface area contributed by atoms with Crippen LogP contribution in [-0.4, -0.2) is 16.7 Å². The molecule has 5 heteroatoms. The molecule has 3 rings (SSSR count). The van der Waals surface area contributed by atoms with Gasteiger partial charge in [-0.1, -0.05) is 12.1 Å². The van der Waals surface area contributed by atoms with Crippen LogP contribution in [0.5, 0.6) is 0 Å². The zero-order chi connectivity index (χ0) is 11.0. The standard InChI is InChI=1S/C11H13N3OS/c1-2-9-13-11(15-14-9)10-7-4-6-16-8(7)3-5-12-10/h4,6,10,12H,2-3,5H2,1H3. The van der Waals surface area contributed by atoms with E-state index >= 15 is 0 Å². The molecule has 3 heterocycles. The van der Waals surface area contributed by atoms with Gasteiger partial charge in [-0.15, -0.1) is 11.3 Å². The van der Waals surface area contributed by atoms with Crippen molar-refractivity contribution in [3.05, 3.63) is 33.6 Å². The highest BCUT2D eigenvalue weighted by molar-refractivity contribution is 7.10. The average molecular weight is 235 g/mol. The lowest BCUT2D eigenvalue weighted by atomic mass is 10.0. The van der Waals surface area contributed by atoms with E-state index in [-0.39, 0.29) is 6.04 Å². The summed E-state index contributed by atoms with van der Waals surface area (Å²) >= 11 is 1.81. The fourth-order valence-electron chi connectivity index (χ4n) is 2.00. The summed E-state index contributed by atoms with van der Waals surface area (Å²) in [6.45, 7) is 3.00. The van der Waals surface area contributed by atoms with Gasteiger partial charge in [-0.05, 0) is 23.4 Å². The first-order chi connectivity index (χ1) is 7.88. The summed E-state index contributed by atoms with van der Waals surface area (Å²) in [6.07, 6.45) is 1.91. The minimum Gasteiger partial charge on any atom is -0.337 e. The number of rotatable bonds is 2. The third kappa shape index (κ3) is 1.56. The molecule has 0 amide bonds. The van der Waals surface area contributed by atoms with Crippen LogP contribution in [0.4, 0.5) is 0 Å². The van der Waals surface area contributed by atoms with Crippen LogP contribution in [0.1, 0.15) is 35.1 Å². The number of fused-ring (bicyclic) bond motifs is 1. The largest absolute Gasteiger partial charge is 0.337 e. The smallest absolute Gasteiger partial charge is 0.248 e. The summed E-state index contributed by atoms with van der Waals surface area (Å²) in [4.78, 5) is 5.83. The second kappa shape index (κ2) is 3.99. The fourth-order valence-corrected chi connectivity index (χ4v) is 2.92. The van der Waals surface area contributed by atoms with Crippen molar-refractivity contribution in [2.24, 2.45) is 0 Å². The average Bonchev–Trinajstić information content (AvgIpc) is 2.97. The Morgan fingerprint density at radius 3 is 3.38 bits per heavy atom. The molecule has 4 nitrogen and oxygen atoms in total. The van der Waals surface area contributed by atoms with E-state index in [2.05, 4.69) is 26.9 Å². The molecule has 0 spiro atoms. The number of aromatic nitrogens is 2. The zero-order valence-electron chi connectivity index (χ0n) is 9.06. The Labute approximate surface area is 97.7 Å². The second-order valence-electron chi connectivity index (χ2n) is 3.84. The van der Waals surface area contributed by atoms with E-state index in [0.29, 0.717) is 5.89 Å². The molecular formula is C11H13N3OS. The molecule has 0 aromatic carbocycles. The van der Waals surface area contributed by atoms with Crippen LogP contribution < -0.4 is 5.32 Å². The number of hydrogen-bond donors (Lipinski definition) is 1. The molecule has 0 radical (unpaired) electrons. The van der Waals surface area contributed by atoms with E-state index < -0.39 is 0 Å². The molecule has 2 aromatic heterocycles. The molecule has 1 atom stereocenters. The van der Waals surface area contributed by atoms with Gasteiger partial charge in [0.2, 0.25) is 5.89 Å². The van der Waals surface area contributed by atoms with Gasteiger partial charge in [0.25, 0.3) is 0 Å². The fraction of sp³-hybridized carbons (Fsp3) is 0.455. The third-order valence-corrected chi connectivity index (χ3v) is 3.83. The SMILES string of the molecule is CCc1noc(C2NCCc3sccc32)n1. The molecule has 2 aromatic rings. The molecule has 1 unspecified atom stereocenters. The van der Waals surface area contributed by atoms with Crippen molar-refractivity contribution < 1.29 is 4.52 Å². The van der Waals surface area contributed by atoms with Crippen molar-refractivity contribution in [3.63, 3.8) is 0 Å². The lowest BCUT2D eigenvalue weighted by molar-refractivity contribution is 0.341. The van der Waals surface area contributed by atoms with E-state index in [4.69, 9.17) is 4.52 Å². The first kappa shape index (κ1) is 9.99. The van der Waals surface area contributed by atoms with Gasteiger partial charge in [0.1, 0.15) is 6.04 Å². The van der Waals surface area contributed by atoms with Gasteiger partial charge in [0.15, 0.2) is 5.82 Å².